The minimum Gasteiger partial charge on any atom is -0.367 e. The maximum absolute atomic E-state index is 4.47. The maximum atomic E-state index is 4.47. The number of aromatic nitrogens is 4. The molecule has 0 bridgehead atoms. The van der Waals surface area contributed by atoms with Gasteiger partial charge in [0.2, 0.25) is 5.95 Å². The van der Waals surface area contributed by atoms with Gasteiger partial charge in [0.25, 0.3) is 0 Å². The molecule has 0 aromatic carbocycles. The molecule has 2 aromatic heterocycles. The van der Waals surface area contributed by atoms with Crippen molar-refractivity contribution in [3.05, 3.63) is 6.20 Å². The van der Waals surface area contributed by atoms with Crippen molar-refractivity contribution in [3.63, 3.8) is 0 Å². The molecule has 104 valence electrons. The SMILES string of the molecule is CNc1nc(NC(C)CCC(C)C)c2cn[nH]c2n1. The number of anilines is 2. The molecule has 0 saturated heterocycles. The molecule has 6 heteroatoms. The first kappa shape index (κ1) is 13.6. The molecule has 2 heterocycles. The van der Waals surface area contributed by atoms with Gasteiger partial charge in [-0.2, -0.15) is 15.1 Å². The lowest BCUT2D eigenvalue weighted by Gasteiger charge is -2.16. The first-order valence-electron chi connectivity index (χ1n) is 6.75. The quantitative estimate of drug-likeness (QED) is 0.746. The van der Waals surface area contributed by atoms with Crippen molar-refractivity contribution in [2.45, 2.75) is 39.7 Å². The monoisotopic (exact) mass is 262 g/mol. The van der Waals surface area contributed by atoms with Crippen LogP contribution in [0.25, 0.3) is 11.0 Å². The van der Waals surface area contributed by atoms with Gasteiger partial charge in [-0.1, -0.05) is 13.8 Å². The number of rotatable bonds is 6. The summed E-state index contributed by atoms with van der Waals surface area (Å²) in [5.41, 5.74) is 0.748. The van der Waals surface area contributed by atoms with Crippen molar-refractivity contribution in [1.29, 1.82) is 0 Å². The number of fused-ring (bicyclic) bond motifs is 1. The first-order chi connectivity index (χ1) is 9.10. The Morgan fingerprint density at radius 2 is 2.00 bits per heavy atom. The molecule has 0 fully saturated rings. The third-order valence-corrected chi connectivity index (χ3v) is 3.09. The van der Waals surface area contributed by atoms with Crippen LogP contribution in [-0.2, 0) is 0 Å². The number of nitrogens with zero attached hydrogens (tertiary/aromatic N) is 3. The van der Waals surface area contributed by atoms with Crippen molar-refractivity contribution >= 4 is 22.8 Å². The van der Waals surface area contributed by atoms with E-state index in [4.69, 9.17) is 0 Å². The number of H-pyrrole nitrogens is 1. The molecule has 0 aliphatic carbocycles. The molecule has 1 unspecified atom stereocenters. The maximum Gasteiger partial charge on any atom is 0.226 e. The average molecular weight is 262 g/mol. The van der Waals surface area contributed by atoms with E-state index in [0.717, 1.165) is 29.2 Å². The van der Waals surface area contributed by atoms with Gasteiger partial charge in [0.15, 0.2) is 5.65 Å². The summed E-state index contributed by atoms with van der Waals surface area (Å²) in [7, 11) is 1.81. The summed E-state index contributed by atoms with van der Waals surface area (Å²) in [5.74, 6) is 2.14. The third-order valence-electron chi connectivity index (χ3n) is 3.09. The van der Waals surface area contributed by atoms with Gasteiger partial charge < -0.3 is 10.6 Å². The Bertz CT molecular complexity index is 533. The Morgan fingerprint density at radius 1 is 1.21 bits per heavy atom. The van der Waals surface area contributed by atoms with Gasteiger partial charge in [0.1, 0.15) is 5.82 Å². The minimum atomic E-state index is 0.375. The van der Waals surface area contributed by atoms with Crippen LogP contribution in [-0.4, -0.2) is 33.3 Å². The summed E-state index contributed by atoms with van der Waals surface area (Å²) in [4.78, 5) is 8.78. The standard InChI is InChI=1S/C13H22N6/c1-8(2)5-6-9(3)16-11-10-7-15-19-12(10)18-13(14-4)17-11/h7-9H,5-6H2,1-4H3,(H3,14,15,16,17,18,19). The second-order valence-electron chi connectivity index (χ2n) is 5.29. The fourth-order valence-corrected chi connectivity index (χ4v) is 1.95. The second kappa shape index (κ2) is 5.86. The molecule has 2 aromatic rings. The molecule has 0 aliphatic heterocycles. The van der Waals surface area contributed by atoms with Crippen molar-refractivity contribution in [2.24, 2.45) is 5.92 Å². The smallest absolute Gasteiger partial charge is 0.226 e. The Balaban J connectivity index is 2.16. The molecule has 6 nitrogen and oxygen atoms in total. The van der Waals surface area contributed by atoms with Crippen LogP contribution in [0.3, 0.4) is 0 Å². The molecule has 0 spiro atoms. The highest BCUT2D eigenvalue weighted by atomic mass is 15.2. The second-order valence-corrected chi connectivity index (χ2v) is 5.29. The van der Waals surface area contributed by atoms with E-state index in [1.807, 2.05) is 7.05 Å². The van der Waals surface area contributed by atoms with Crippen LogP contribution in [0.1, 0.15) is 33.6 Å². The number of nitrogens with one attached hydrogen (secondary N) is 3. The predicted octanol–water partition coefficient (Wildman–Crippen LogP) is 2.63. The summed E-state index contributed by atoms with van der Waals surface area (Å²) in [6.45, 7) is 6.66. The molecule has 0 amide bonds. The Kier molecular flexibility index (Phi) is 4.19. The highest BCUT2D eigenvalue weighted by Crippen LogP contribution is 2.21. The van der Waals surface area contributed by atoms with Crippen molar-refractivity contribution in [2.75, 3.05) is 17.7 Å². The summed E-state index contributed by atoms with van der Waals surface area (Å²) < 4.78 is 0. The van der Waals surface area contributed by atoms with Gasteiger partial charge in [-0.15, -0.1) is 0 Å². The van der Waals surface area contributed by atoms with Gasteiger partial charge in [-0.05, 0) is 25.7 Å². The van der Waals surface area contributed by atoms with E-state index in [2.05, 4.69) is 51.6 Å². The summed E-state index contributed by atoms with van der Waals surface area (Å²) in [5, 5.41) is 14.2. The molecular formula is C13H22N6. The Morgan fingerprint density at radius 3 is 2.68 bits per heavy atom. The van der Waals surface area contributed by atoms with E-state index in [-0.39, 0.29) is 0 Å². The van der Waals surface area contributed by atoms with E-state index in [1.54, 1.807) is 6.20 Å². The van der Waals surface area contributed by atoms with Crippen LogP contribution < -0.4 is 10.6 Å². The highest BCUT2D eigenvalue weighted by molar-refractivity contribution is 5.87. The Hall–Kier alpha value is -1.85. The first-order valence-corrected chi connectivity index (χ1v) is 6.75. The van der Waals surface area contributed by atoms with Crippen molar-refractivity contribution in [1.82, 2.24) is 20.2 Å². The largest absolute Gasteiger partial charge is 0.367 e. The van der Waals surface area contributed by atoms with Crippen LogP contribution >= 0.6 is 0 Å². The fourth-order valence-electron chi connectivity index (χ4n) is 1.95. The lowest BCUT2D eigenvalue weighted by Crippen LogP contribution is -2.17. The Labute approximate surface area is 113 Å². The summed E-state index contributed by atoms with van der Waals surface area (Å²) in [6.07, 6.45) is 4.08. The highest BCUT2D eigenvalue weighted by Gasteiger charge is 2.11. The third kappa shape index (κ3) is 3.33. The van der Waals surface area contributed by atoms with E-state index in [1.165, 1.54) is 6.42 Å². The van der Waals surface area contributed by atoms with Gasteiger partial charge in [-0.3, -0.25) is 5.10 Å². The van der Waals surface area contributed by atoms with Crippen LogP contribution in [0.5, 0.6) is 0 Å². The van der Waals surface area contributed by atoms with Crippen LogP contribution in [0.15, 0.2) is 6.20 Å². The lowest BCUT2D eigenvalue weighted by molar-refractivity contribution is 0.527. The zero-order valence-corrected chi connectivity index (χ0v) is 12.0. The number of hydrogen-bond acceptors (Lipinski definition) is 5. The van der Waals surface area contributed by atoms with Crippen molar-refractivity contribution < 1.29 is 0 Å². The molecule has 0 saturated carbocycles. The normalized spacial score (nSPS) is 12.9. The summed E-state index contributed by atoms with van der Waals surface area (Å²) in [6, 6.07) is 0.375. The predicted molar refractivity (Wildman–Crippen MR) is 78.4 cm³/mol. The number of aromatic amines is 1. The molecule has 0 radical (unpaired) electrons. The van der Waals surface area contributed by atoms with Gasteiger partial charge in [-0.25, -0.2) is 0 Å². The van der Waals surface area contributed by atoms with E-state index >= 15 is 0 Å². The van der Waals surface area contributed by atoms with Crippen molar-refractivity contribution in [3.8, 4) is 0 Å². The topological polar surface area (TPSA) is 78.5 Å². The molecule has 0 aliphatic rings. The molecule has 1 atom stereocenters. The van der Waals surface area contributed by atoms with E-state index < -0.39 is 0 Å². The number of hydrogen-bond donors (Lipinski definition) is 3. The molecular weight excluding hydrogens is 240 g/mol. The van der Waals surface area contributed by atoms with E-state index in [0.29, 0.717) is 12.0 Å². The lowest BCUT2D eigenvalue weighted by atomic mass is 10.0. The van der Waals surface area contributed by atoms with Gasteiger partial charge in [0.05, 0.1) is 11.6 Å². The average Bonchev–Trinajstić information content (AvgIpc) is 2.84. The van der Waals surface area contributed by atoms with Gasteiger partial charge >= 0.3 is 0 Å². The van der Waals surface area contributed by atoms with Crippen LogP contribution in [0, 0.1) is 5.92 Å². The molecule has 3 N–H and O–H groups in total. The molecule has 19 heavy (non-hydrogen) atoms. The van der Waals surface area contributed by atoms with Crippen LogP contribution in [0.2, 0.25) is 0 Å². The zero-order chi connectivity index (χ0) is 13.8. The molecule has 2 rings (SSSR count). The van der Waals surface area contributed by atoms with Gasteiger partial charge in [0, 0.05) is 13.1 Å². The zero-order valence-electron chi connectivity index (χ0n) is 12.0. The minimum absolute atomic E-state index is 0.375. The van der Waals surface area contributed by atoms with E-state index in [9.17, 15) is 0 Å². The van der Waals surface area contributed by atoms with Crippen LogP contribution in [0.4, 0.5) is 11.8 Å². The summed E-state index contributed by atoms with van der Waals surface area (Å²) >= 11 is 0. The fraction of sp³-hybridized carbons (Fsp3) is 0.615.